The monoisotopic (exact) mass is 764 g/mol. The highest BCUT2D eigenvalue weighted by molar-refractivity contribution is 5.82. The van der Waals surface area contributed by atoms with Gasteiger partial charge >= 0.3 is 0 Å². The molecule has 2 aliphatic heterocycles. The topological polar surface area (TPSA) is 116 Å². The molecule has 2 saturated heterocycles. The average molecular weight is 765 g/mol. The molecule has 2 atom stereocenters. The van der Waals surface area contributed by atoms with E-state index < -0.39 is 0 Å². The zero-order valence-corrected chi connectivity index (χ0v) is 33.5. The van der Waals surface area contributed by atoms with Gasteiger partial charge in [0, 0.05) is 123 Å². The van der Waals surface area contributed by atoms with E-state index in [2.05, 4.69) is 109 Å². The number of nitrogens with zero attached hydrogens (tertiary/aromatic N) is 8. The van der Waals surface area contributed by atoms with Gasteiger partial charge in [-0.25, -0.2) is 9.97 Å². The van der Waals surface area contributed by atoms with Gasteiger partial charge in [0.05, 0.1) is 0 Å². The van der Waals surface area contributed by atoms with Gasteiger partial charge in [0.2, 0.25) is 11.9 Å². The highest BCUT2D eigenvalue weighted by Crippen LogP contribution is 2.46. The molecule has 296 valence electrons. The fraction of sp³-hybridized carbons (Fsp3) is 0.467. The second kappa shape index (κ2) is 15.6. The molecule has 12 heteroatoms. The summed E-state index contributed by atoms with van der Waals surface area (Å²) in [5.74, 6) is 1.71. The molecule has 6 heterocycles. The van der Waals surface area contributed by atoms with Crippen LogP contribution in [0.4, 0.5) is 34.6 Å². The van der Waals surface area contributed by atoms with Crippen molar-refractivity contribution in [3.05, 3.63) is 83.9 Å². The second-order valence-corrected chi connectivity index (χ2v) is 16.8. The predicted molar refractivity (Wildman–Crippen MR) is 232 cm³/mol. The van der Waals surface area contributed by atoms with Crippen molar-refractivity contribution in [1.82, 2.24) is 39.7 Å². The summed E-state index contributed by atoms with van der Waals surface area (Å²) in [7, 11) is 0. The van der Waals surface area contributed by atoms with Crippen LogP contribution in [0.2, 0.25) is 0 Å². The number of hydrogen-bond donors (Lipinski definition) is 4. The van der Waals surface area contributed by atoms with E-state index >= 15 is 0 Å². The minimum Gasteiger partial charge on any atom is -0.369 e. The summed E-state index contributed by atoms with van der Waals surface area (Å²) in [5, 5.41) is 16.4. The van der Waals surface area contributed by atoms with E-state index in [1.807, 2.05) is 12.4 Å². The number of rotatable bonds is 9. The Bertz CT molecular complexity index is 2340. The summed E-state index contributed by atoms with van der Waals surface area (Å²) >= 11 is 0. The molecular formula is C45H56N12. The largest absolute Gasteiger partial charge is 0.369 e. The van der Waals surface area contributed by atoms with E-state index in [0.717, 1.165) is 105 Å². The first-order valence-corrected chi connectivity index (χ1v) is 21.4. The number of fused-ring (bicyclic) bond motifs is 2. The molecule has 2 aromatic carbocycles. The summed E-state index contributed by atoms with van der Waals surface area (Å²) < 4.78 is 4.86. The molecule has 0 radical (unpaired) electrons. The van der Waals surface area contributed by atoms with E-state index in [4.69, 9.17) is 19.9 Å². The maximum atomic E-state index is 5.14. The van der Waals surface area contributed by atoms with Crippen LogP contribution in [0.25, 0.3) is 22.1 Å². The highest BCUT2D eigenvalue weighted by atomic mass is 15.2. The van der Waals surface area contributed by atoms with Crippen LogP contribution in [0, 0.1) is 13.8 Å². The van der Waals surface area contributed by atoms with Gasteiger partial charge in [0.15, 0.2) is 0 Å². The lowest BCUT2D eigenvalue weighted by molar-refractivity contribution is 0.359. The van der Waals surface area contributed by atoms with Gasteiger partial charge in [-0.3, -0.25) is 0 Å². The average Bonchev–Trinajstić information content (AvgIpc) is 3.97. The van der Waals surface area contributed by atoms with Crippen molar-refractivity contribution < 1.29 is 0 Å². The minimum absolute atomic E-state index is 0.348. The first kappa shape index (κ1) is 36.2. The third-order valence-electron chi connectivity index (χ3n) is 13.1. The quantitative estimate of drug-likeness (QED) is 0.115. The molecule has 2 unspecified atom stereocenters. The van der Waals surface area contributed by atoms with E-state index in [-0.39, 0.29) is 0 Å². The fourth-order valence-electron chi connectivity index (χ4n) is 9.99. The number of piperazine rings is 2. The Morgan fingerprint density at radius 2 is 1.19 bits per heavy atom. The number of hydrogen-bond acceptors (Lipinski definition) is 10. The van der Waals surface area contributed by atoms with Crippen LogP contribution in [-0.4, -0.2) is 81.4 Å². The van der Waals surface area contributed by atoms with Gasteiger partial charge in [0.1, 0.15) is 11.3 Å². The summed E-state index contributed by atoms with van der Waals surface area (Å²) in [6.45, 7) is 12.5. The molecule has 2 saturated carbocycles. The lowest BCUT2D eigenvalue weighted by atomic mass is 9.94. The van der Waals surface area contributed by atoms with Crippen LogP contribution < -0.4 is 31.1 Å². The maximum absolute atomic E-state index is 5.14. The Morgan fingerprint density at radius 1 is 0.614 bits per heavy atom. The second-order valence-electron chi connectivity index (χ2n) is 16.8. The van der Waals surface area contributed by atoms with Crippen LogP contribution in [0.5, 0.6) is 0 Å². The van der Waals surface area contributed by atoms with E-state index in [1.54, 1.807) is 0 Å². The smallest absolute Gasteiger partial charge is 0.229 e. The Labute approximate surface area is 335 Å². The Morgan fingerprint density at radius 3 is 1.84 bits per heavy atom. The molecule has 10 rings (SSSR count). The van der Waals surface area contributed by atoms with Crippen molar-refractivity contribution in [1.29, 1.82) is 0 Å². The van der Waals surface area contributed by atoms with Crippen molar-refractivity contribution in [2.45, 2.75) is 83.2 Å². The van der Waals surface area contributed by atoms with Crippen LogP contribution in [0.3, 0.4) is 0 Å². The third kappa shape index (κ3) is 7.29. The summed E-state index contributed by atoms with van der Waals surface area (Å²) in [6.07, 6.45) is 18.3. The van der Waals surface area contributed by atoms with Crippen LogP contribution in [-0.2, 0) is 0 Å². The minimum atomic E-state index is 0.348. The molecule has 4 aromatic heterocycles. The molecule has 57 heavy (non-hydrogen) atoms. The molecule has 0 bridgehead atoms. The Kier molecular flexibility index (Phi) is 9.91. The van der Waals surface area contributed by atoms with Crippen molar-refractivity contribution in [2.24, 2.45) is 0 Å². The maximum Gasteiger partial charge on any atom is 0.229 e. The highest BCUT2D eigenvalue weighted by Gasteiger charge is 2.32. The van der Waals surface area contributed by atoms with Gasteiger partial charge in [-0.15, -0.1) is 0 Å². The zero-order valence-electron chi connectivity index (χ0n) is 33.5. The number of benzene rings is 2. The van der Waals surface area contributed by atoms with Crippen LogP contribution in [0.1, 0.15) is 86.1 Å². The number of aryl methyl sites for hydroxylation is 2. The van der Waals surface area contributed by atoms with Gasteiger partial charge < -0.3 is 40.2 Å². The van der Waals surface area contributed by atoms with Crippen molar-refractivity contribution in [3.8, 4) is 0 Å². The molecule has 0 spiro atoms. The molecule has 0 amide bonds. The third-order valence-corrected chi connectivity index (χ3v) is 13.1. The van der Waals surface area contributed by atoms with E-state index in [1.165, 1.54) is 60.2 Å². The molecule has 2 aliphatic carbocycles. The van der Waals surface area contributed by atoms with Crippen molar-refractivity contribution in [3.63, 3.8) is 0 Å². The number of aromatic nitrogens is 6. The molecule has 4 fully saturated rings. The van der Waals surface area contributed by atoms with Gasteiger partial charge in [-0.05, 0) is 111 Å². The molecule has 12 nitrogen and oxygen atoms in total. The van der Waals surface area contributed by atoms with E-state index in [9.17, 15) is 0 Å². The zero-order chi connectivity index (χ0) is 38.3. The standard InChI is InChI=1S/C45H56N12/c1-30-28-56(36-6-4-3-5-7-36)42-39(30)26-49-45(52-42)51-34-11-15-41(55-22-18-47-19-23-55)38(25-34)32-8-12-37(24-32)57-29-31(2)40-27-48-44(53-43(40)57)50-33-9-13-35(14-10-33)54-20-16-46-17-21-54/h9-11,13-15,25-29,32,36-37,46-47H,3-8,12,16-24H2,1-2H3,(H,48,50,53)(H,49,51,52). The van der Waals surface area contributed by atoms with Crippen molar-refractivity contribution in [2.75, 3.05) is 72.8 Å². The fourth-order valence-corrected chi connectivity index (χ4v) is 9.99. The molecule has 4 N–H and O–H groups in total. The normalized spacial score (nSPS) is 20.8. The Balaban J connectivity index is 0.906. The Hall–Kier alpha value is -5.20. The number of nitrogens with one attached hydrogen (secondary N) is 4. The molecule has 6 aromatic rings. The first-order chi connectivity index (χ1) is 28.0. The lowest BCUT2D eigenvalue weighted by Crippen LogP contribution is -2.44. The summed E-state index contributed by atoms with van der Waals surface area (Å²) in [5.41, 5.74) is 10.6. The lowest BCUT2D eigenvalue weighted by Gasteiger charge is -2.33. The number of anilines is 6. The SMILES string of the molecule is Cc1cn(C2CCCCC2)c2nc(Nc3ccc(N4CCNCC4)c(C4CCC(n5cc(C)c6cnc(Nc7ccc(N8CCNCC8)cc7)nc65)C4)c3)ncc12. The molecule has 4 aliphatic rings. The first-order valence-electron chi connectivity index (χ1n) is 21.4. The summed E-state index contributed by atoms with van der Waals surface area (Å²) in [4.78, 5) is 24.9. The van der Waals surface area contributed by atoms with Gasteiger partial charge in [-0.2, -0.15) is 9.97 Å². The van der Waals surface area contributed by atoms with Crippen LogP contribution in [0.15, 0.2) is 67.3 Å². The van der Waals surface area contributed by atoms with Gasteiger partial charge in [-0.1, -0.05) is 19.3 Å². The molecular weight excluding hydrogens is 709 g/mol. The van der Waals surface area contributed by atoms with Crippen LogP contribution >= 0.6 is 0 Å². The summed E-state index contributed by atoms with van der Waals surface area (Å²) in [6, 6.07) is 16.5. The predicted octanol–water partition coefficient (Wildman–Crippen LogP) is 8.11. The van der Waals surface area contributed by atoms with Gasteiger partial charge in [0.25, 0.3) is 0 Å². The van der Waals surface area contributed by atoms with Crippen molar-refractivity contribution >= 4 is 56.7 Å². The van der Waals surface area contributed by atoms with E-state index in [0.29, 0.717) is 29.9 Å².